The van der Waals surface area contributed by atoms with Crippen molar-refractivity contribution < 1.29 is 9.53 Å². The Labute approximate surface area is 159 Å². The average Bonchev–Trinajstić information content (AvgIpc) is 2.55. The predicted octanol–water partition coefficient (Wildman–Crippen LogP) is 4.89. The molecule has 138 valence electrons. The number of pyridine rings is 1. The Kier molecular flexibility index (Phi) is 7.04. The number of anilines is 1. The Hall–Kier alpha value is -2.53. The van der Waals surface area contributed by atoms with E-state index >= 15 is 0 Å². The zero-order chi connectivity index (χ0) is 19.1. The molecular weight excluding hydrogens is 350 g/mol. The van der Waals surface area contributed by atoms with Crippen molar-refractivity contribution in [2.24, 2.45) is 0 Å². The summed E-state index contributed by atoms with van der Waals surface area (Å²) in [5, 5.41) is 6.60. The first-order valence-electron chi connectivity index (χ1n) is 8.49. The lowest BCUT2D eigenvalue weighted by Gasteiger charge is -2.12. The van der Waals surface area contributed by atoms with Crippen molar-refractivity contribution in [2.75, 3.05) is 5.32 Å². The minimum Gasteiger partial charge on any atom is -0.437 e. The second-order valence-corrected chi connectivity index (χ2v) is 6.73. The molecule has 2 aromatic rings. The second-order valence-electron chi connectivity index (χ2n) is 6.32. The van der Waals surface area contributed by atoms with E-state index in [1.165, 1.54) is 6.92 Å². The van der Waals surface area contributed by atoms with Crippen molar-refractivity contribution in [3.63, 3.8) is 0 Å². The van der Waals surface area contributed by atoms with Crippen molar-refractivity contribution in [2.45, 2.75) is 39.8 Å². The molecule has 0 aliphatic carbocycles. The van der Waals surface area contributed by atoms with E-state index in [4.69, 9.17) is 16.3 Å². The molecule has 0 saturated heterocycles. The summed E-state index contributed by atoms with van der Waals surface area (Å²) in [4.78, 5) is 15.3. The number of nitrogens with one attached hydrogen (secondary N) is 2. The smallest absolute Gasteiger partial charge is 0.219 e. The number of benzene rings is 1. The molecule has 26 heavy (non-hydrogen) atoms. The Morgan fingerprint density at radius 3 is 2.58 bits per heavy atom. The number of hydrogen-bond acceptors (Lipinski definition) is 4. The number of ether oxygens (including phenoxy) is 1. The Bertz CT molecular complexity index is 773. The predicted molar refractivity (Wildman–Crippen MR) is 107 cm³/mol. The maximum absolute atomic E-state index is 11.0. The molecule has 0 fully saturated rings. The highest BCUT2D eigenvalue weighted by molar-refractivity contribution is 6.32. The summed E-state index contributed by atoms with van der Waals surface area (Å²) < 4.78 is 5.75. The third kappa shape index (κ3) is 6.41. The van der Waals surface area contributed by atoms with Gasteiger partial charge >= 0.3 is 0 Å². The third-order valence-corrected chi connectivity index (χ3v) is 3.66. The Balaban J connectivity index is 2.01. The molecule has 1 heterocycles. The van der Waals surface area contributed by atoms with Crippen LogP contribution >= 0.6 is 11.6 Å². The first kappa shape index (κ1) is 19.8. The Morgan fingerprint density at radius 1 is 1.23 bits per heavy atom. The van der Waals surface area contributed by atoms with E-state index < -0.39 is 0 Å². The highest BCUT2D eigenvalue weighted by Gasteiger charge is 2.06. The summed E-state index contributed by atoms with van der Waals surface area (Å²) in [6.07, 6.45) is 5.50. The topological polar surface area (TPSA) is 63.2 Å². The van der Waals surface area contributed by atoms with Crippen LogP contribution in [0.2, 0.25) is 5.02 Å². The van der Waals surface area contributed by atoms with E-state index in [1.807, 2.05) is 43.3 Å². The number of hydrogen-bond donors (Lipinski definition) is 2. The molecule has 2 rings (SSSR count). The number of carbonyl (C=O) groups excluding carboxylic acids is 1. The van der Waals surface area contributed by atoms with Crippen LogP contribution in [-0.2, 0) is 4.79 Å². The van der Waals surface area contributed by atoms with Gasteiger partial charge in [0, 0.05) is 37.0 Å². The summed E-state index contributed by atoms with van der Waals surface area (Å²) in [6, 6.07) is 9.52. The lowest BCUT2D eigenvalue weighted by atomic mass is 10.2. The van der Waals surface area contributed by atoms with Crippen molar-refractivity contribution in [1.29, 1.82) is 0 Å². The van der Waals surface area contributed by atoms with Crippen LogP contribution in [0.1, 0.15) is 33.3 Å². The van der Waals surface area contributed by atoms with E-state index in [9.17, 15) is 4.79 Å². The first-order chi connectivity index (χ1) is 12.3. The third-order valence-electron chi connectivity index (χ3n) is 3.37. The van der Waals surface area contributed by atoms with Gasteiger partial charge in [0.2, 0.25) is 11.8 Å². The van der Waals surface area contributed by atoms with Crippen LogP contribution < -0.4 is 15.4 Å². The van der Waals surface area contributed by atoms with Crippen LogP contribution in [0, 0.1) is 0 Å². The molecule has 0 unspecified atom stereocenters. The van der Waals surface area contributed by atoms with Crippen molar-refractivity contribution in [3.8, 4) is 11.6 Å². The summed E-state index contributed by atoms with van der Waals surface area (Å²) in [5.74, 6) is 0.954. The zero-order valence-corrected chi connectivity index (χ0v) is 16.2. The van der Waals surface area contributed by atoms with E-state index in [0.717, 1.165) is 11.3 Å². The summed E-state index contributed by atoms with van der Waals surface area (Å²) in [6.45, 7) is 7.53. The maximum atomic E-state index is 11.0. The standard InChI is InChI=1S/C20H24ClN3O2/c1-13(2)23-17-8-9-19(18(21)11-17)26-20-10-7-16(12-22-20)6-5-14(3)24-15(4)25/h5-14,23H,1-4H3,(H,24,25)/b6-5+/t14-/m0/s1. The molecule has 0 spiro atoms. The van der Waals surface area contributed by atoms with Gasteiger partial charge in [-0.1, -0.05) is 23.8 Å². The maximum Gasteiger partial charge on any atom is 0.219 e. The van der Waals surface area contributed by atoms with Gasteiger partial charge in [0.1, 0.15) is 5.75 Å². The molecule has 1 amide bonds. The number of aromatic nitrogens is 1. The normalized spacial score (nSPS) is 12.2. The van der Waals surface area contributed by atoms with E-state index in [1.54, 1.807) is 12.3 Å². The fourth-order valence-electron chi connectivity index (χ4n) is 2.29. The monoisotopic (exact) mass is 373 g/mol. The molecule has 0 saturated carbocycles. The Morgan fingerprint density at radius 2 is 2.00 bits per heavy atom. The van der Waals surface area contributed by atoms with Crippen molar-refractivity contribution in [3.05, 3.63) is 53.2 Å². The number of rotatable bonds is 7. The van der Waals surface area contributed by atoms with E-state index in [2.05, 4.69) is 29.5 Å². The molecule has 0 aliphatic rings. The number of carbonyl (C=O) groups is 1. The first-order valence-corrected chi connectivity index (χ1v) is 8.86. The minimum absolute atomic E-state index is 0.0415. The van der Waals surface area contributed by atoms with Gasteiger partial charge in [0.25, 0.3) is 0 Å². The van der Waals surface area contributed by atoms with Gasteiger partial charge in [-0.3, -0.25) is 4.79 Å². The second kappa shape index (κ2) is 9.25. The molecule has 1 atom stereocenters. The molecule has 0 aliphatic heterocycles. The largest absolute Gasteiger partial charge is 0.437 e. The van der Waals surface area contributed by atoms with Gasteiger partial charge in [0.15, 0.2) is 0 Å². The molecule has 0 bridgehead atoms. The molecule has 2 N–H and O–H groups in total. The minimum atomic E-state index is -0.0597. The highest BCUT2D eigenvalue weighted by atomic mass is 35.5. The average molecular weight is 374 g/mol. The van der Waals surface area contributed by atoms with Gasteiger partial charge in [-0.15, -0.1) is 0 Å². The van der Waals surface area contributed by atoms with E-state index in [-0.39, 0.29) is 11.9 Å². The van der Waals surface area contributed by atoms with Gasteiger partial charge in [-0.2, -0.15) is 0 Å². The fraction of sp³-hybridized carbons (Fsp3) is 0.300. The highest BCUT2D eigenvalue weighted by Crippen LogP contribution is 2.31. The number of halogens is 1. The van der Waals surface area contributed by atoms with Gasteiger partial charge in [0.05, 0.1) is 5.02 Å². The number of amides is 1. The van der Waals surface area contributed by atoms with Gasteiger partial charge in [-0.25, -0.2) is 4.98 Å². The quantitative estimate of drug-likeness (QED) is 0.725. The summed E-state index contributed by atoms with van der Waals surface area (Å²) >= 11 is 6.28. The van der Waals surface area contributed by atoms with Crippen LogP contribution in [0.3, 0.4) is 0 Å². The molecule has 5 nitrogen and oxygen atoms in total. The fourth-order valence-corrected chi connectivity index (χ4v) is 2.51. The van der Waals surface area contributed by atoms with Crippen LogP contribution in [0.15, 0.2) is 42.6 Å². The molecule has 0 radical (unpaired) electrons. The van der Waals surface area contributed by atoms with Crippen LogP contribution in [0.5, 0.6) is 11.6 Å². The lowest BCUT2D eigenvalue weighted by molar-refractivity contribution is -0.119. The number of nitrogens with zero attached hydrogens (tertiary/aromatic N) is 1. The van der Waals surface area contributed by atoms with Crippen LogP contribution in [0.4, 0.5) is 5.69 Å². The zero-order valence-electron chi connectivity index (χ0n) is 15.4. The molecule has 1 aromatic carbocycles. The van der Waals surface area contributed by atoms with Crippen molar-refractivity contribution in [1.82, 2.24) is 10.3 Å². The van der Waals surface area contributed by atoms with E-state index in [0.29, 0.717) is 22.7 Å². The van der Waals surface area contributed by atoms with Gasteiger partial charge in [-0.05, 0) is 50.6 Å². The molecule has 6 heteroatoms. The molecular formula is C20H24ClN3O2. The summed E-state index contributed by atoms with van der Waals surface area (Å²) in [5.41, 5.74) is 1.86. The van der Waals surface area contributed by atoms with Gasteiger partial charge < -0.3 is 15.4 Å². The lowest BCUT2D eigenvalue weighted by Crippen LogP contribution is -2.28. The molecule has 1 aromatic heterocycles. The summed E-state index contributed by atoms with van der Waals surface area (Å²) in [7, 11) is 0. The van der Waals surface area contributed by atoms with Crippen molar-refractivity contribution >= 4 is 29.3 Å². The SMILES string of the molecule is CC(=O)N[C@@H](C)/C=C/c1ccc(Oc2ccc(NC(C)C)cc2Cl)nc1. The van der Waals surface area contributed by atoms with Crippen LogP contribution in [-0.4, -0.2) is 23.0 Å². The van der Waals surface area contributed by atoms with Crippen LogP contribution in [0.25, 0.3) is 6.08 Å².